The van der Waals surface area contributed by atoms with E-state index in [1.807, 2.05) is 12.1 Å². The molecule has 0 bridgehead atoms. The monoisotopic (exact) mass is 1120 g/mol. The summed E-state index contributed by atoms with van der Waals surface area (Å²) in [5.41, 5.74) is 12.3. The van der Waals surface area contributed by atoms with Crippen LogP contribution < -0.4 is 21.2 Å². The van der Waals surface area contributed by atoms with Crippen LogP contribution >= 0.6 is 15.8 Å². The first-order valence-corrected chi connectivity index (χ1v) is 24.4. The van der Waals surface area contributed by atoms with Gasteiger partial charge < -0.3 is 12.8 Å². The van der Waals surface area contributed by atoms with Gasteiger partial charge in [0.2, 0.25) is 0 Å². The zero-order valence-electron chi connectivity index (χ0n) is 35.9. The van der Waals surface area contributed by atoms with Crippen LogP contribution in [0.4, 0.5) is 0 Å². The quantitative estimate of drug-likeness (QED) is 0.0674. The minimum Gasteiger partial charge on any atom is -0.366 e. The van der Waals surface area contributed by atoms with Gasteiger partial charge in [0, 0.05) is 10.8 Å². The van der Waals surface area contributed by atoms with Gasteiger partial charge in [0.1, 0.15) is 37.1 Å². The maximum absolute atomic E-state index is 7.24. The molecule has 316 valence electrons. The summed E-state index contributed by atoms with van der Waals surface area (Å²) in [6.45, 7) is 9.02. The SMILES string of the molecule is [Ag+].[Au+].[C-]#Cc1ccc2c(c1)-c1ccccc1C2(C)C.[C-]#Cc1ccc2c(c1)-c1ccccc1C2(C)C.c1ccc([PH+](C[PH+](c2ccccc2)c2ccccc2)c2ccccc2)cc1. The number of hydrogen-bond donors (Lipinski definition) is 0. The van der Waals surface area contributed by atoms with Gasteiger partial charge in [-0.25, -0.2) is 0 Å². The minimum absolute atomic E-state index is 0. The number of rotatable bonds is 6. The van der Waals surface area contributed by atoms with Crippen LogP contribution in [0.25, 0.3) is 22.3 Å². The van der Waals surface area contributed by atoms with Gasteiger partial charge in [-0.05, 0) is 93.0 Å². The summed E-state index contributed by atoms with van der Waals surface area (Å²) in [7, 11) is -1.69. The van der Waals surface area contributed by atoms with Crippen molar-refractivity contribution in [1.29, 1.82) is 0 Å². The van der Waals surface area contributed by atoms with Crippen molar-refractivity contribution in [2.75, 3.05) is 5.90 Å². The predicted molar refractivity (Wildman–Crippen MR) is 266 cm³/mol. The Morgan fingerprint density at radius 2 is 0.635 bits per heavy atom. The number of benzene rings is 8. The van der Waals surface area contributed by atoms with Crippen LogP contribution in [-0.2, 0) is 55.6 Å². The Bertz CT molecular complexity index is 2580. The Kier molecular flexibility index (Phi) is 16.1. The summed E-state index contributed by atoms with van der Waals surface area (Å²) in [5.74, 6) is 6.18. The molecule has 0 unspecified atom stereocenters. The molecule has 0 fully saturated rings. The zero-order valence-corrected chi connectivity index (χ0v) is 41.6. The van der Waals surface area contributed by atoms with Crippen LogP contribution in [-0.4, -0.2) is 5.90 Å². The molecule has 2 aliphatic carbocycles. The van der Waals surface area contributed by atoms with E-state index < -0.39 is 15.8 Å². The van der Waals surface area contributed by atoms with Crippen molar-refractivity contribution in [3.05, 3.63) is 252 Å². The Hall–Kier alpha value is -4.78. The van der Waals surface area contributed by atoms with Crippen molar-refractivity contribution >= 4 is 37.1 Å². The van der Waals surface area contributed by atoms with E-state index in [9.17, 15) is 0 Å². The van der Waals surface area contributed by atoms with Gasteiger partial charge in [-0.3, -0.25) is 11.8 Å². The van der Waals surface area contributed by atoms with Crippen LogP contribution in [0.5, 0.6) is 0 Å². The van der Waals surface area contributed by atoms with E-state index in [0.29, 0.717) is 0 Å². The average molecular weight is 1130 g/mol. The molecule has 10 rings (SSSR count). The van der Waals surface area contributed by atoms with Crippen molar-refractivity contribution in [1.82, 2.24) is 0 Å². The van der Waals surface area contributed by atoms with E-state index in [-0.39, 0.29) is 55.6 Å². The fraction of sp³-hybridized carbons (Fsp3) is 0.119. The summed E-state index contributed by atoms with van der Waals surface area (Å²) in [6.07, 6.45) is 14.5. The molecule has 0 atom stereocenters. The van der Waals surface area contributed by atoms with Gasteiger partial charge in [-0.2, -0.15) is 0 Å². The smallest absolute Gasteiger partial charge is 0.366 e. The second-order valence-corrected chi connectivity index (χ2v) is 22.3. The maximum atomic E-state index is 7.24. The van der Waals surface area contributed by atoms with Crippen molar-refractivity contribution in [2.24, 2.45) is 0 Å². The summed E-state index contributed by atoms with van der Waals surface area (Å²) in [4.78, 5) is 0. The van der Waals surface area contributed by atoms with E-state index in [0.717, 1.165) is 11.1 Å². The Balaban J connectivity index is 0.000000161. The molecule has 0 heterocycles. The molecule has 0 aliphatic heterocycles. The van der Waals surface area contributed by atoms with Crippen molar-refractivity contribution in [3.8, 4) is 34.1 Å². The molecule has 0 nitrogen and oxygen atoms in total. The van der Waals surface area contributed by atoms with Gasteiger partial charge in [-0.15, -0.1) is 35.4 Å². The second kappa shape index (κ2) is 21.3. The van der Waals surface area contributed by atoms with Gasteiger partial charge in [0.25, 0.3) is 0 Å². The van der Waals surface area contributed by atoms with E-state index in [2.05, 4.69) is 234 Å². The van der Waals surface area contributed by atoms with Crippen LogP contribution in [0.2, 0.25) is 0 Å². The third-order valence-electron chi connectivity index (χ3n) is 12.3. The normalized spacial score (nSPS) is 12.8. The molecule has 0 aromatic heterocycles. The fourth-order valence-electron chi connectivity index (χ4n) is 9.07. The first kappa shape index (κ1) is 47.7. The van der Waals surface area contributed by atoms with Crippen LogP contribution in [0, 0.1) is 24.7 Å². The van der Waals surface area contributed by atoms with Gasteiger partial charge in [-0.1, -0.05) is 161 Å². The third-order valence-corrected chi connectivity index (χ3v) is 19.2. The van der Waals surface area contributed by atoms with E-state index in [1.54, 1.807) is 0 Å². The van der Waals surface area contributed by atoms with E-state index in [1.165, 1.54) is 71.6 Å². The second-order valence-electron chi connectivity index (χ2n) is 16.7. The number of fused-ring (bicyclic) bond motifs is 6. The van der Waals surface area contributed by atoms with Crippen LogP contribution in [0.1, 0.15) is 61.1 Å². The molecule has 4 heteroatoms. The molecule has 8 aromatic rings. The van der Waals surface area contributed by atoms with E-state index in [4.69, 9.17) is 12.8 Å². The minimum atomic E-state index is -0.847. The molecule has 0 spiro atoms. The van der Waals surface area contributed by atoms with Gasteiger partial charge >= 0.3 is 44.8 Å². The summed E-state index contributed by atoms with van der Waals surface area (Å²) in [5, 5.41) is 6.01. The van der Waals surface area contributed by atoms with Crippen LogP contribution in [0.15, 0.2) is 206 Å². The van der Waals surface area contributed by atoms with Gasteiger partial charge in [0.15, 0.2) is 5.90 Å². The fourth-order valence-corrected chi connectivity index (χ4v) is 16.8. The molecular formula is C59H50AgAuP2+2. The van der Waals surface area contributed by atoms with Crippen molar-refractivity contribution in [2.45, 2.75) is 38.5 Å². The molecule has 0 saturated carbocycles. The summed E-state index contributed by atoms with van der Waals surface area (Å²) < 4.78 is 0. The standard InChI is InChI=1S/C25H22P2.2C17H13.Ag.Au/c1-5-13-22(14-6-1)26(23-15-7-2-8-16-23)21-27(24-17-9-3-10-18-24)25-19-11-4-12-20-25;2*1-4-12-9-10-16-14(11-12)13-7-5-6-8-15(13)17(16,2)3;;/h1-20H,21H2;2*5-11H,2-3H3;;/q;2*-1;2*+1/p+2. The molecular weight excluding hydrogens is 1080 g/mol. The molecule has 63 heavy (non-hydrogen) atoms. The molecule has 0 N–H and O–H groups in total. The molecule has 8 aromatic carbocycles. The first-order valence-electron chi connectivity index (χ1n) is 21.0. The summed E-state index contributed by atoms with van der Waals surface area (Å²) in [6, 6.07) is 73.8. The molecule has 2 aliphatic rings. The first-order chi connectivity index (χ1) is 29.7. The number of hydrogen-bond acceptors (Lipinski definition) is 0. The van der Waals surface area contributed by atoms with Gasteiger partial charge in [0.05, 0.1) is 0 Å². The largest absolute Gasteiger partial charge is 1.00 e. The van der Waals surface area contributed by atoms with Crippen molar-refractivity contribution < 1.29 is 44.8 Å². The van der Waals surface area contributed by atoms with E-state index >= 15 is 0 Å². The molecule has 0 saturated heterocycles. The topological polar surface area (TPSA) is 0 Å². The molecule has 0 radical (unpaired) electrons. The Labute approximate surface area is 409 Å². The molecule has 0 amide bonds. The predicted octanol–water partition coefficient (Wildman–Crippen LogP) is 12.5. The Morgan fingerprint density at radius 1 is 0.365 bits per heavy atom. The third kappa shape index (κ3) is 10.1. The van der Waals surface area contributed by atoms with Crippen molar-refractivity contribution in [3.63, 3.8) is 0 Å². The zero-order chi connectivity index (χ0) is 42.4. The Morgan fingerprint density at radius 3 is 0.937 bits per heavy atom. The van der Waals surface area contributed by atoms with Crippen LogP contribution in [0.3, 0.4) is 0 Å². The summed E-state index contributed by atoms with van der Waals surface area (Å²) >= 11 is 0. The maximum Gasteiger partial charge on any atom is 1.00 e. The average Bonchev–Trinajstić information content (AvgIpc) is 3.69.